The summed E-state index contributed by atoms with van der Waals surface area (Å²) < 4.78 is 11.7. The van der Waals surface area contributed by atoms with Crippen molar-refractivity contribution in [1.82, 2.24) is 15.1 Å². The molecule has 3 amide bonds. The molecular formula is C33H53N4O5Re-. The molecule has 1 radical (unpaired) electrons. The smallest absolute Gasteiger partial charge is 0.239 e. The molecule has 10 heteroatoms. The van der Waals surface area contributed by atoms with Gasteiger partial charge in [0.1, 0.15) is 6.10 Å². The number of ether oxygens (including phenoxy) is 2. The summed E-state index contributed by atoms with van der Waals surface area (Å²) in [4.78, 5) is 43.5. The van der Waals surface area contributed by atoms with Crippen LogP contribution in [-0.2, 0) is 44.3 Å². The van der Waals surface area contributed by atoms with Gasteiger partial charge in [-0.2, -0.15) is 0 Å². The first-order valence-electron chi connectivity index (χ1n) is 15.2. The quantitative estimate of drug-likeness (QED) is 0.245. The Bertz CT molecular complexity index is 1050. The van der Waals surface area contributed by atoms with Gasteiger partial charge in [-0.3, -0.25) is 14.4 Å². The summed E-state index contributed by atoms with van der Waals surface area (Å²) in [5, 5.41) is 2.94. The maximum absolute atomic E-state index is 13.8. The van der Waals surface area contributed by atoms with Crippen LogP contribution in [0.1, 0.15) is 72.3 Å². The average Bonchev–Trinajstić information content (AvgIpc) is 3.48. The van der Waals surface area contributed by atoms with Crippen LogP contribution in [-0.4, -0.2) is 79.6 Å². The minimum atomic E-state index is -0.633. The van der Waals surface area contributed by atoms with Crippen LogP contribution >= 0.6 is 0 Å². The molecule has 1 aliphatic rings. The molecule has 2 unspecified atom stereocenters. The number of benzene rings is 1. The van der Waals surface area contributed by atoms with Crippen molar-refractivity contribution in [3.05, 3.63) is 54.2 Å². The Labute approximate surface area is 272 Å². The number of nitrogens with two attached hydrogens (primary N) is 1. The Morgan fingerprint density at radius 1 is 1.07 bits per heavy atom. The minimum absolute atomic E-state index is 0. The van der Waals surface area contributed by atoms with Crippen molar-refractivity contribution in [2.75, 3.05) is 27.8 Å². The Hall–Kier alpha value is -2.09. The molecule has 1 aromatic rings. The van der Waals surface area contributed by atoms with Crippen LogP contribution in [0.25, 0.3) is 0 Å². The van der Waals surface area contributed by atoms with Gasteiger partial charge in [-0.25, -0.2) is 6.54 Å². The number of carbonyl (C=O) groups excluding carboxylic acids is 3. The molecule has 2 rings (SSSR count). The molecule has 0 aromatic heterocycles. The zero-order valence-corrected chi connectivity index (χ0v) is 30.1. The van der Waals surface area contributed by atoms with Crippen molar-refractivity contribution in [2.45, 2.75) is 91.0 Å². The number of likely N-dealkylation sites (N-methyl/N-ethyl adjacent to an activating group) is 1. The average molecular weight is 772 g/mol. The number of amides is 3. The number of nitrogens with one attached hydrogen (secondary N) is 1. The van der Waals surface area contributed by atoms with E-state index in [-0.39, 0.29) is 68.4 Å². The molecule has 1 aromatic carbocycles. The van der Waals surface area contributed by atoms with E-state index in [0.29, 0.717) is 18.7 Å². The first-order chi connectivity index (χ1) is 19.9. The van der Waals surface area contributed by atoms with Crippen LogP contribution in [0.5, 0.6) is 0 Å². The summed E-state index contributed by atoms with van der Waals surface area (Å²) in [6, 6.07) is 8.98. The summed E-state index contributed by atoms with van der Waals surface area (Å²) in [6.45, 7) is 14.1. The number of hydrogen-bond donors (Lipinski definition) is 2. The molecule has 1 heterocycles. The molecular weight excluding hydrogens is 719 g/mol. The van der Waals surface area contributed by atoms with Crippen molar-refractivity contribution < 1.29 is 44.3 Å². The van der Waals surface area contributed by atoms with E-state index < -0.39 is 24.2 Å². The monoisotopic (exact) mass is 772 g/mol. The standard InChI is InChI=1S/C33H53N4O5.Re/c1-10-22(4)30(36(7)33(40)29(34)21(2)3)27(41-8)19-28(38)37-18-14-17-26(37)31(42-9)24(6)32(39)35-20-23(5)25-15-12-11-13-16-25;/h11-13,15-17,20-24,27,29-31H,10,14,18-19,34H2,1-9H3,(H,35,39);/q-1;/t22-,23?,24?,27+,29-,30-,31+;/m0./s1. The summed E-state index contributed by atoms with van der Waals surface area (Å²) in [6.07, 6.45) is 2.39. The van der Waals surface area contributed by atoms with Gasteiger partial charge in [0.15, 0.2) is 5.91 Å². The molecule has 243 valence electrons. The number of nitrogens with zero attached hydrogens (tertiary/aromatic N) is 2. The number of methoxy groups -OCH3 is 2. The molecule has 3 N–H and O–H groups in total. The van der Waals surface area contributed by atoms with Gasteiger partial charge < -0.3 is 30.3 Å². The zero-order chi connectivity index (χ0) is 31.6. The molecule has 0 saturated heterocycles. The number of hydrogen-bond acceptors (Lipinski definition) is 6. The van der Waals surface area contributed by atoms with Crippen molar-refractivity contribution in [3.8, 4) is 0 Å². The van der Waals surface area contributed by atoms with E-state index in [0.717, 1.165) is 12.0 Å². The molecule has 0 bridgehead atoms. The third kappa shape index (κ3) is 10.2. The topological polar surface area (TPSA) is 114 Å². The molecule has 0 spiro atoms. The second-order valence-corrected chi connectivity index (χ2v) is 11.9. The van der Waals surface area contributed by atoms with E-state index in [4.69, 9.17) is 15.2 Å². The molecule has 0 saturated carbocycles. The Kier molecular flexibility index (Phi) is 16.9. The Balaban J connectivity index is 0.00000924. The van der Waals surface area contributed by atoms with Crippen molar-refractivity contribution in [1.29, 1.82) is 0 Å². The van der Waals surface area contributed by atoms with Crippen LogP contribution < -0.4 is 11.1 Å². The van der Waals surface area contributed by atoms with Gasteiger partial charge in [0.2, 0.25) is 11.8 Å². The van der Waals surface area contributed by atoms with Crippen LogP contribution in [0.2, 0.25) is 0 Å². The van der Waals surface area contributed by atoms with Crippen LogP contribution in [0, 0.1) is 24.3 Å². The SMILES string of the molecule is CC[C@H](C)[C@@H]([C@@H](CC(=O)N1CCC=C1[C@H](OC)C(C)C(=O)N[CH-]C(C)c1ccccc1)OC)N(C)C(=O)[C@@H](N)C(C)C.[Re]. The molecule has 9 nitrogen and oxygen atoms in total. The van der Waals surface area contributed by atoms with E-state index in [2.05, 4.69) is 19.2 Å². The van der Waals surface area contributed by atoms with Crippen LogP contribution in [0.3, 0.4) is 0 Å². The third-order valence-corrected chi connectivity index (χ3v) is 8.62. The summed E-state index contributed by atoms with van der Waals surface area (Å²) in [5.74, 6) is -0.914. The zero-order valence-electron chi connectivity index (χ0n) is 27.4. The molecule has 43 heavy (non-hydrogen) atoms. The first-order valence-corrected chi connectivity index (χ1v) is 15.2. The normalized spacial score (nSPS) is 18.0. The predicted octanol–water partition coefficient (Wildman–Crippen LogP) is 4.09. The molecule has 1 aliphatic heterocycles. The Morgan fingerprint density at radius 3 is 2.23 bits per heavy atom. The molecule has 0 fully saturated rings. The molecule has 7 atom stereocenters. The van der Waals surface area contributed by atoms with Crippen molar-refractivity contribution in [2.24, 2.45) is 23.5 Å². The van der Waals surface area contributed by atoms with Gasteiger partial charge in [-0.05, 0) is 18.3 Å². The predicted molar refractivity (Wildman–Crippen MR) is 166 cm³/mol. The maximum atomic E-state index is 13.8. The maximum Gasteiger partial charge on any atom is 0.239 e. The largest absolute Gasteiger partial charge is 0.505 e. The van der Waals surface area contributed by atoms with Gasteiger partial charge in [0.05, 0.1) is 30.5 Å². The summed E-state index contributed by atoms with van der Waals surface area (Å²) in [7, 11) is 4.88. The minimum Gasteiger partial charge on any atom is -0.505 e. The second-order valence-electron chi connectivity index (χ2n) is 11.9. The van der Waals surface area contributed by atoms with E-state index in [1.54, 1.807) is 37.6 Å². The van der Waals surface area contributed by atoms with E-state index in [1.807, 2.05) is 64.1 Å². The van der Waals surface area contributed by atoms with Gasteiger partial charge in [-0.1, -0.05) is 89.9 Å². The fourth-order valence-corrected chi connectivity index (χ4v) is 5.56. The van der Waals surface area contributed by atoms with Crippen LogP contribution in [0.4, 0.5) is 0 Å². The number of carbonyl (C=O) groups is 3. The third-order valence-electron chi connectivity index (χ3n) is 8.62. The first kappa shape index (κ1) is 38.9. The van der Waals surface area contributed by atoms with Crippen molar-refractivity contribution in [3.63, 3.8) is 0 Å². The Morgan fingerprint density at radius 2 is 1.70 bits per heavy atom. The van der Waals surface area contributed by atoms with Crippen molar-refractivity contribution >= 4 is 17.7 Å². The van der Waals surface area contributed by atoms with Crippen LogP contribution in [0.15, 0.2) is 42.1 Å². The van der Waals surface area contributed by atoms with Gasteiger partial charge in [-0.15, -0.1) is 5.92 Å². The molecule has 0 aliphatic carbocycles. The fraction of sp³-hybridized carbons (Fsp3) is 0.636. The van der Waals surface area contributed by atoms with Gasteiger partial charge >= 0.3 is 0 Å². The summed E-state index contributed by atoms with van der Waals surface area (Å²) >= 11 is 0. The van der Waals surface area contributed by atoms with Gasteiger partial charge in [0.25, 0.3) is 0 Å². The fourth-order valence-electron chi connectivity index (χ4n) is 5.56. The van der Waals surface area contributed by atoms with E-state index >= 15 is 0 Å². The van der Waals surface area contributed by atoms with E-state index in [1.165, 1.54) is 0 Å². The number of rotatable bonds is 16. The second kappa shape index (κ2) is 18.7. The summed E-state index contributed by atoms with van der Waals surface area (Å²) in [5.41, 5.74) is 7.99. The van der Waals surface area contributed by atoms with E-state index in [9.17, 15) is 14.4 Å². The van der Waals surface area contributed by atoms with Gasteiger partial charge in [0, 0.05) is 53.9 Å².